The maximum Gasteiger partial charge on any atom is 0.416 e. The third-order valence-electron chi connectivity index (χ3n) is 4.97. The third-order valence-corrected chi connectivity index (χ3v) is 4.97. The lowest BCUT2D eigenvalue weighted by Crippen LogP contribution is -2.43. The van der Waals surface area contributed by atoms with Gasteiger partial charge in [-0.3, -0.25) is 9.59 Å². The molecule has 144 valence electrons. The van der Waals surface area contributed by atoms with Crippen LogP contribution in [0.4, 0.5) is 18.9 Å². The van der Waals surface area contributed by atoms with Gasteiger partial charge in [0, 0.05) is 30.6 Å². The van der Waals surface area contributed by atoms with Crippen LogP contribution in [-0.4, -0.2) is 29.8 Å². The predicted octanol–water partition coefficient (Wildman–Crippen LogP) is 4.32. The van der Waals surface area contributed by atoms with Gasteiger partial charge >= 0.3 is 6.18 Å². The van der Waals surface area contributed by atoms with Crippen molar-refractivity contribution < 1.29 is 22.8 Å². The van der Waals surface area contributed by atoms with Crippen molar-refractivity contribution in [3.8, 4) is 0 Å². The Hall–Kier alpha value is -2.05. The maximum absolute atomic E-state index is 12.8. The van der Waals surface area contributed by atoms with Crippen LogP contribution < -0.4 is 5.32 Å². The first-order valence-electron chi connectivity index (χ1n) is 9.03. The largest absolute Gasteiger partial charge is 0.416 e. The first kappa shape index (κ1) is 20.3. The van der Waals surface area contributed by atoms with Crippen LogP contribution in [0.5, 0.6) is 0 Å². The topological polar surface area (TPSA) is 49.4 Å². The van der Waals surface area contributed by atoms with E-state index >= 15 is 0 Å². The number of amides is 2. The van der Waals surface area contributed by atoms with Gasteiger partial charge in [-0.2, -0.15) is 13.2 Å². The van der Waals surface area contributed by atoms with Gasteiger partial charge in [0.25, 0.3) is 0 Å². The molecule has 1 heterocycles. The summed E-state index contributed by atoms with van der Waals surface area (Å²) in [5, 5.41) is 2.57. The number of likely N-dealkylation sites (tertiary alicyclic amines) is 1. The van der Waals surface area contributed by atoms with Crippen molar-refractivity contribution in [2.24, 2.45) is 11.8 Å². The molecule has 26 heavy (non-hydrogen) atoms. The second kappa shape index (κ2) is 8.56. The summed E-state index contributed by atoms with van der Waals surface area (Å²) in [7, 11) is 0. The highest BCUT2D eigenvalue weighted by Gasteiger charge is 2.32. The maximum atomic E-state index is 12.8. The first-order valence-corrected chi connectivity index (χ1v) is 9.03. The molecule has 1 fully saturated rings. The second-order valence-electron chi connectivity index (χ2n) is 6.68. The van der Waals surface area contributed by atoms with Gasteiger partial charge in [-0.05, 0) is 43.9 Å². The summed E-state index contributed by atoms with van der Waals surface area (Å²) >= 11 is 0. The SMILES string of the molecule is CCC(CC)C(=O)N1CCC(C(=O)Nc2cccc(C(F)(F)F)c2)CC1. The molecule has 0 bridgehead atoms. The van der Waals surface area contributed by atoms with E-state index in [-0.39, 0.29) is 29.3 Å². The second-order valence-corrected chi connectivity index (χ2v) is 6.68. The number of halogens is 3. The molecule has 1 N–H and O–H groups in total. The highest BCUT2D eigenvalue weighted by atomic mass is 19.4. The van der Waals surface area contributed by atoms with Crippen molar-refractivity contribution in [1.82, 2.24) is 4.90 Å². The summed E-state index contributed by atoms with van der Waals surface area (Å²) in [4.78, 5) is 26.5. The molecule has 0 atom stereocenters. The average molecular weight is 370 g/mol. The molecule has 0 saturated carbocycles. The molecule has 0 unspecified atom stereocenters. The van der Waals surface area contributed by atoms with E-state index in [2.05, 4.69) is 5.32 Å². The number of carbonyl (C=O) groups is 2. The molecular formula is C19H25F3N2O2. The van der Waals surface area contributed by atoms with Gasteiger partial charge in [0.15, 0.2) is 0 Å². The number of nitrogens with one attached hydrogen (secondary N) is 1. The number of benzene rings is 1. The zero-order valence-electron chi connectivity index (χ0n) is 15.1. The van der Waals surface area contributed by atoms with Crippen molar-refractivity contribution in [2.75, 3.05) is 18.4 Å². The minimum absolute atomic E-state index is 0.0190. The van der Waals surface area contributed by atoms with Crippen LogP contribution in [0.3, 0.4) is 0 Å². The Labute approximate surface area is 151 Å². The molecule has 1 aliphatic rings. The van der Waals surface area contributed by atoms with Gasteiger partial charge in [0.2, 0.25) is 11.8 Å². The standard InChI is InChI=1S/C19H25F3N2O2/c1-3-13(4-2)18(26)24-10-8-14(9-11-24)17(25)23-16-7-5-6-15(12-16)19(20,21)22/h5-7,12-14H,3-4,8-11H2,1-2H3,(H,23,25). The number of anilines is 1. The Balaban J connectivity index is 1.92. The Kier molecular flexibility index (Phi) is 6.67. The molecule has 1 aliphatic heterocycles. The van der Waals surface area contributed by atoms with E-state index in [9.17, 15) is 22.8 Å². The minimum atomic E-state index is -4.44. The smallest absolute Gasteiger partial charge is 0.342 e. The lowest BCUT2D eigenvalue weighted by atomic mass is 9.93. The molecule has 1 saturated heterocycles. The summed E-state index contributed by atoms with van der Waals surface area (Å²) in [6.07, 6.45) is -1.80. The zero-order valence-corrected chi connectivity index (χ0v) is 15.1. The fourth-order valence-electron chi connectivity index (χ4n) is 3.28. The Morgan fingerprint density at radius 3 is 2.35 bits per heavy atom. The Morgan fingerprint density at radius 2 is 1.81 bits per heavy atom. The van der Waals surface area contributed by atoms with Crippen molar-refractivity contribution in [3.05, 3.63) is 29.8 Å². The molecular weight excluding hydrogens is 345 g/mol. The van der Waals surface area contributed by atoms with Crippen molar-refractivity contribution in [1.29, 1.82) is 0 Å². The zero-order chi connectivity index (χ0) is 19.3. The molecule has 1 aromatic rings. The van der Waals surface area contributed by atoms with Crippen LogP contribution in [-0.2, 0) is 15.8 Å². The van der Waals surface area contributed by atoms with Crippen LogP contribution in [0.1, 0.15) is 45.1 Å². The van der Waals surface area contributed by atoms with Crippen molar-refractivity contribution >= 4 is 17.5 Å². The van der Waals surface area contributed by atoms with Gasteiger partial charge in [-0.15, -0.1) is 0 Å². The molecule has 0 aliphatic carbocycles. The highest BCUT2D eigenvalue weighted by Crippen LogP contribution is 2.31. The van der Waals surface area contributed by atoms with E-state index in [0.29, 0.717) is 25.9 Å². The van der Waals surface area contributed by atoms with Crippen LogP contribution in [0, 0.1) is 11.8 Å². The van der Waals surface area contributed by atoms with E-state index in [0.717, 1.165) is 25.0 Å². The number of nitrogens with zero attached hydrogens (tertiary/aromatic N) is 1. The van der Waals surface area contributed by atoms with Gasteiger partial charge in [-0.1, -0.05) is 19.9 Å². The van der Waals surface area contributed by atoms with E-state index in [1.807, 2.05) is 13.8 Å². The number of hydrogen-bond acceptors (Lipinski definition) is 2. The number of hydrogen-bond donors (Lipinski definition) is 1. The fourth-order valence-corrected chi connectivity index (χ4v) is 3.28. The average Bonchev–Trinajstić information content (AvgIpc) is 2.62. The van der Waals surface area contributed by atoms with E-state index in [4.69, 9.17) is 0 Å². The molecule has 0 aromatic heterocycles. The number of rotatable bonds is 5. The Morgan fingerprint density at radius 1 is 1.19 bits per heavy atom. The normalized spacial score (nSPS) is 16.0. The molecule has 0 radical (unpaired) electrons. The fraction of sp³-hybridized carbons (Fsp3) is 0.579. The third kappa shape index (κ3) is 4.99. The first-order chi connectivity index (χ1) is 12.3. The molecule has 1 aromatic carbocycles. The number of piperidine rings is 1. The van der Waals surface area contributed by atoms with Gasteiger partial charge in [-0.25, -0.2) is 0 Å². The van der Waals surface area contributed by atoms with E-state index in [1.165, 1.54) is 12.1 Å². The van der Waals surface area contributed by atoms with Crippen LogP contribution in [0.25, 0.3) is 0 Å². The number of carbonyl (C=O) groups excluding carboxylic acids is 2. The molecule has 2 amide bonds. The molecule has 2 rings (SSSR count). The monoisotopic (exact) mass is 370 g/mol. The van der Waals surface area contributed by atoms with Gasteiger partial charge in [0.05, 0.1) is 5.56 Å². The summed E-state index contributed by atoms with van der Waals surface area (Å²) in [6.45, 7) is 4.99. The van der Waals surface area contributed by atoms with E-state index < -0.39 is 11.7 Å². The van der Waals surface area contributed by atoms with Gasteiger partial charge < -0.3 is 10.2 Å². The summed E-state index contributed by atoms with van der Waals surface area (Å²) in [5.41, 5.74) is -0.652. The van der Waals surface area contributed by atoms with Crippen LogP contribution >= 0.6 is 0 Å². The van der Waals surface area contributed by atoms with E-state index in [1.54, 1.807) is 4.90 Å². The minimum Gasteiger partial charge on any atom is -0.342 e. The molecule has 7 heteroatoms. The van der Waals surface area contributed by atoms with Gasteiger partial charge in [0.1, 0.15) is 0 Å². The Bertz CT molecular complexity index is 634. The van der Waals surface area contributed by atoms with Crippen LogP contribution in [0.2, 0.25) is 0 Å². The predicted molar refractivity (Wildman–Crippen MR) is 93.4 cm³/mol. The highest BCUT2D eigenvalue weighted by molar-refractivity contribution is 5.92. The molecule has 0 spiro atoms. The number of alkyl halides is 3. The summed E-state index contributed by atoms with van der Waals surface area (Å²) in [6, 6.07) is 4.62. The summed E-state index contributed by atoms with van der Waals surface area (Å²) in [5.74, 6) is -0.438. The molecule has 4 nitrogen and oxygen atoms in total. The van der Waals surface area contributed by atoms with Crippen LogP contribution in [0.15, 0.2) is 24.3 Å². The summed E-state index contributed by atoms with van der Waals surface area (Å²) < 4.78 is 38.3. The van der Waals surface area contributed by atoms with Crippen molar-refractivity contribution in [2.45, 2.75) is 45.7 Å². The lowest BCUT2D eigenvalue weighted by molar-refractivity contribution is -0.138. The quantitative estimate of drug-likeness (QED) is 0.839. The lowest BCUT2D eigenvalue weighted by Gasteiger charge is -2.33. The van der Waals surface area contributed by atoms with Crippen molar-refractivity contribution in [3.63, 3.8) is 0 Å².